The van der Waals surface area contributed by atoms with Gasteiger partial charge in [0.2, 0.25) is 5.91 Å². The van der Waals surface area contributed by atoms with Crippen LogP contribution in [0.3, 0.4) is 0 Å². The molecule has 1 aromatic rings. The van der Waals surface area contributed by atoms with Crippen LogP contribution >= 0.6 is 0 Å². The minimum Gasteiger partial charge on any atom is -0.382 e. The molecule has 7 nitrogen and oxygen atoms in total. The van der Waals surface area contributed by atoms with Crippen LogP contribution in [0.25, 0.3) is 0 Å². The molecule has 7 heteroatoms. The van der Waals surface area contributed by atoms with Gasteiger partial charge < -0.3 is 16.4 Å². The first-order chi connectivity index (χ1) is 7.13. The minimum absolute atomic E-state index is 0.0639. The van der Waals surface area contributed by atoms with Crippen LogP contribution < -0.4 is 16.4 Å². The van der Waals surface area contributed by atoms with Crippen molar-refractivity contribution in [2.45, 2.75) is 6.92 Å². The molecule has 1 rings (SSSR count). The highest BCUT2D eigenvalue weighted by Crippen LogP contribution is 1.99. The van der Waals surface area contributed by atoms with Crippen molar-refractivity contribution in [2.75, 3.05) is 18.8 Å². The van der Waals surface area contributed by atoms with Gasteiger partial charge in [-0.1, -0.05) is 0 Å². The number of nitrogens with zero attached hydrogens (tertiary/aromatic N) is 1. The molecule has 0 atom stereocenters. The first kappa shape index (κ1) is 11.0. The summed E-state index contributed by atoms with van der Waals surface area (Å²) in [5.74, 6) is -0.415. The largest absolute Gasteiger partial charge is 0.382 e. The van der Waals surface area contributed by atoms with Gasteiger partial charge in [-0.3, -0.25) is 14.7 Å². The fourth-order valence-electron chi connectivity index (χ4n) is 0.969. The minimum atomic E-state index is -0.412. The molecular weight excluding hydrogens is 198 g/mol. The van der Waals surface area contributed by atoms with Gasteiger partial charge in [-0.2, -0.15) is 5.10 Å². The lowest BCUT2D eigenvalue weighted by molar-refractivity contribution is -0.120. The molecule has 0 spiro atoms. The number of nitrogens with two attached hydrogens (primary N) is 1. The fraction of sp³-hybridized carbons (Fsp3) is 0.375. The maximum atomic E-state index is 11.3. The average Bonchev–Trinajstić information content (AvgIpc) is 2.62. The van der Waals surface area contributed by atoms with Crippen molar-refractivity contribution in [3.63, 3.8) is 0 Å². The summed E-state index contributed by atoms with van der Waals surface area (Å²) in [7, 11) is 0. The molecular formula is C8H13N5O2. The number of rotatable bonds is 4. The number of hydrogen-bond acceptors (Lipinski definition) is 4. The third-order valence-electron chi connectivity index (χ3n) is 1.63. The lowest BCUT2D eigenvalue weighted by atomic mass is 10.4. The van der Waals surface area contributed by atoms with E-state index in [1.165, 1.54) is 6.07 Å². The van der Waals surface area contributed by atoms with Crippen LogP contribution in [0.2, 0.25) is 0 Å². The number of aromatic amines is 1. The predicted molar refractivity (Wildman–Crippen MR) is 54.0 cm³/mol. The molecule has 0 radical (unpaired) electrons. The summed E-state index contributed by atoms with van der Waals surface area (Å²) in [6.07, 6.45) is 0. The van der Waals surface area contributed by atoms with E-state index < -0.39 is 5.91 Å². The third-order valence-corrected chi connectivity index (χ3v) is 1.63. The number of amides is 2. The lowest BCUT2D eigenvalue weighted by Gasteiger charge is -2.03. The molecule has 1 heterocycles. The van der Waals surface area contributed by atoms with Crippen LogP contribution in [0.15, 0.2) is 6.07 Å². The summed E-state index contributed by atoms with van der Waals surface area (Å²) in [5, 5.41) is 11.0. The van der Waals surface area contributed by atoms with Crippen LogP contribution in [0.1, 0.15) is 17.4 Å². The maximum absolute atomic E-state index is 11.3. The topological polar surface area (TPSA) is 113 Å². The Hall–Kier alpha value is -2.05. The van der Waals surface area contributed by atoms with Gasteiger partial charge >= 0.3 is 0 Å². The first-order valence-corrected chi connectivity index (χ1v) is 4.49. The van der Waals surface area contributed by atoms with Gasteiger partial charge in [0.25, 0.3) is 5.91 Å². The molecule has 0 fully saturated rings. The van der Waals surface area contributed by atoms with Gasteiger partial charge in [0, 0.05) is 12.6 Å². The standard InChI is InChI=1S/C8H13N5O2/c1-2-10-7(14)4-11-8(15)5-3-6(9)13-12-5/h3H,2,4H2,1H3,(H,10,14)(H,11,15)(H3,9,12,13). The highest BCUT2D eigenvalue weighted by atomic mass is 16.2. The second-order valence-electron chi connectivity index (χ2n) is 2.84. The van der Waals surface area contributed by atoms with Crippen LogP contribution in [0.4, 0.5) is 5.82 Å². The van der Waals surface area contributed by atoms with E-state index in [0.29, 0.717) is 6.54 Å². The molecule has 0 saturated carbocycles. The number of aromatic nitrogens is 2. The molecule has 1 aromatic heterocycles. The zero-order valence-corrected chi connectivity index (χ0v) is 8.33. The average molecular weight is 211 g/mol. The van der Waals surface area contributed by atoms with Gasteiger partial charge in [0.1, 0.15) is 11.5 Å². The first-order valence-electron chi connectivity index (χ1n) is 4.49. The number of likely N-dealkylation sites (N-methyl/N-ethyl adjacent to an activating group) is 1. The van der Waals surface area contributed by atoms with E-state index in [4.69, 9.17) is 5.73 Å². The number of hydrogen-bond donors (Lipinski definition) is 4. The molecule has 2 amide bonds. The van der Waals surface area contributed by atoms with E-state index in [9.17, 15) is 9.59 Å². The van der Waals surface area contributed by atoms with E-state index >= 15 is 0 Å². The quantitative estimate of drug-likeness (QED) is 0.504. The van der Waals surface area contributed by atoms with Crippen LogP contribution in [-0.4, -0.2) is 35.1 Å². The zero-order valence-electron chi connectivity index (χ0n) is 8.33. The summed E-state index contributed by atoms with van der Waals surface area (Å²) in [4.78, 5) is 22.4. The van der Waals surface area contributed by atoms with Crippen molar-refractivity contribution >= 4 is 17.6 Å². The molecule has 0 bridgehead atoms. The van der Waals surface area contributed by atoms with Crippen LogP contribution in [-0.2, 0) is 4.79 Å². The molecule has 0 aliphatic carbocycles. The number of carbonyl (C=O) groups is 2. The van der Waals surface area contributed by atoms with Gasteiger partial charge in [-0.05, 0) is 6.92 Å². The van der Waals surface area contributed by atoms with Crippen molar-refractivity contribution in [3.05, 3.63) is 11.8 Å². The number of nitrogens with one attached hydrogen (secondary N) is 3. The number of nitrogen functional groups attached to an aromatic ring is 1. The van der Waals surface area contributed by atoms with E-state index in [1.807, 2.05) is 0 Å². The van der Waals surface area contributed by atoms with Gasteiger partial charge in [0.05, 0.1) is 6.54 Å². The molecule has 0 saturated heterocycles. The highest BCUT2D eigenvalue weighted by Gasteiger charge is 2.09. The molecule has 15 heavy (non-hydrogen) atoms. The normalized spacial score (nSPS) is 9.67. The number of anilines is 1. The summed E-state index contributed by atoms with van der Waals surface area (Å²) in [6, 6.07) is 1.40. The number of H-pyrrole nitrogens is 1. The van der Waals surface area contributed by atoms with Gasteiger partial charge in [-0.15, -0.1) is 0 Å². The van der Waals surface area contributed by atoms with Gasteiger partial charge in [0.15, 0.2) is 0 Å². The summed E-state index contributed by atoms with van der Waals surface area (Å²) < 4.78 is 0. The lowest BCUT2D eigenvalue weighted by Crippen LogP contribution is -2.36. The molecule has 0 unspecified atom stereocenters. The Labute approximate surface area is 86.4 Å². The van der Waals surface area contributed by atoms with Gasteiger partial charge in [-0.25, -0.2) is 0 Å². The Bertz CT molecular complexity index is 360. The second-order valence-corrected chi connectivity index (χ2v) is 2.84. The SMILES string of the molecule is CCNC(=O)CNC(=O)c1cc(N)n[nH]1. The van der Waals surface area contributed by atoms with Crippen LogP contribution in [0, 0.1) is 0 Å². The van der Waals surface area contributed by atoms with E-state index in [2.05, 4.69) is 20.8 Å². The Balaban J connectivity index is 2.40. The third kappa shape index (κ3) is 3.29. The zero-order chi connectivity index (χ0) is 11.3. The smallest absolute Gasteiger partial charge is 0.269 e. The molecule has 0 aliphatic heterocycles. The summed E-state index contributed by atoms with van der Waals surface area (Å²) in [6.45, 7) is 2.27. The van der Waals surface area contributed by atoms with Crippen molar-refractivity contribution in [3.8, 4) is 0 Å². The van der Waals surface area contributed by atoms with Crippen LogP contribution in [0.5, 0.6) is 0 Å². The fourth-order valence-corrected chi connectivity index (χ4v) is 0.969. The Morgan fingerprint density at radius 1 is 1.53 bits per heavy atom. The summed E-state index contributed by atoms with van der Waals surface area (Å²) in [5.41, 5.74) is 5.55. The maximum Gasteiger partial charge on any atom is 0.269 e. The molecule has 0 aromatic carbocycles. The number of carbonyl (C=O) groups excluding carboxylic acids is 2. The van der Waals surface area contributed by atoms with E-state index in [0.717, 1.165) is 0 Å². The molecule has 0 aliphatic rings. The summed E-state index contributed by atoms with van der Waals surface area (Å²) >= 11 is 0. The van der Waals surface area contributed by atoms with E-state index in [-0.39, 0.29) is 24.0 Å². The van der Waals surface area contributed by atoms with Crippen molar-refractivity contribution in [1.82, 2.24) is 20.8 Å². The Morgan fingerprint density at radius 2 is 2.27 bits per heavy atom. The van der Waals surface area contributed by atoms with Crippen molar-refractivity contribution in [2.24, 2.45) is 0 Å². The molecule has 82 valence electrons. The monoisotopic (exact) mass is 211 g/mol. The van der Waals surface area contributed by atoms with Crippen molar-refractivity contribution in [1.29, 1.82) is 0 Å². The Morgan fingerprint density at radius 3 is 2.80 bits per heavy atom. The predicted octanol–water partition coefficient (Wildman–Crippen LogP) is -1.14. The molecule has 5 N–H and O–H groups in total. The second kappa shape index (κ2) is 4.99. The Kier molecular flexibility index (Phi) is 3.67. The highest BCUT2D eigenvalue weighted by molar-refractivity contribution is 5.95. The van der Waals surface area contributed by atoms with Crippen molar-refractivity contribution < 1.29 is 9.59 Å². The van der Waals surface area contributed by atoms with E-state index in [1.54, 1.807) is 6.92 Å².